The van der Waals surface area contributed by atoms with Gasteiger partial charge in [0.1, 0.15) is 12.6 Å². The van der Waals surface area contributed by atoms with Gasteiger partial charge in [-0.05, 0) is 12.3 Å². The molecule has 7 nitrogen and oxygen atoms in total. The molecule has 0 aliphatic carbocycles. The molecule has 0 aromatic carbocycles. The van der Waals surface area contributed by atoms with Crippen LogP contribution in [0.25, 0.3) is 0 Å². The molecule has 0 spiro atoms. The quantitative estimate of drug-likeness (QED) is 0.479. The lowest BCUT2D eigenvalue weighted by Gasteiger charge is -2.13. The molecule has 2 N–H and O–H groups in total. The zero-order chi connectivity index (χ0) is 17.1. The average Bonchev–Trinajstić information content (AvgIpc) is 2.43. The van der Waals surface area contributed by atoms with E-state index in [1.165, 1.54) is 0 Å². The molecule has 0 saturated carbocycles. The van der Waals surface area contributed by atoms with Crippen LogP contribution in [-0.4, -0.2) is 37.3 Å². The normalized spacial score (nSPS) is 12.1. The molecule has 0 aromatic heterocycles. The van der Waals surface area contributed by atoms with Crippen molar-refractivity contribution in [3.63, 3.8) is 0 Å². The minimum Gasteiger partial charge on any atom is -0.463 e. The van der Waals surface area contributed by atoms with Gasteiger partial charge in [0.05, 0.1) is 5.92 Å². The van der Waals surface area contributed by atoms with E-state index in [2.05, 4.69) is 23.3 Å². The molecule has 1 unspecified atom stereocenters. The summed E-state index contributed by atoms with van der Waals surface area (Å²) in [5.41, 5.74) is 5.53. The molecule has 0 rings (SSSR count). The van der Waals surface area contributed by atoms with E-state index in [0.29, 0.717) is 12.3 Å². The van der Waals surface area contributed by atoms with Crippen molar-refractivity contribution < 1.29 is 28.6 Å². The standard InChI is InChI=1S/C15H27NO6/c1-10(2)6-5-7-13(17)20-8-12(16)15(19)22-9-21-14(18)11(3)4/h10-12H,5-9,16H2,1-4H3. The van der Waals surface area contributed by atoms with Gasteiger partial charge >= 0.3 is 17.9 Å². The Morgan fingerprint density at radius 2 is 1.55 bits per heavy atom. The van der Waals surface area contributed by atoms with Crippen LogP contribution in [0.15, 0.2) is 0 Å². The smallest absolute Gasteiger partial charge is 0.329 e. The van der Waals surface area contributed by atoms with Gasteiger partial charge in [-0.3, -0.25) is 14.4 Å². The monoisotopic (exact) mass is 317 g/mol. The molecule has 7 heteroatoms. The maximum atomic E-state index is 11.5. The molecular weight excluding hydrogens is 290 g/mol. The second kappa shape index (κ2) is 11.0. The number of carbonyl (C=O) groups is 3. The molecule has 0 heterocycles. The fraction of sp³-hybridized carbons (Fsp3) is 0.800. The summed E-state index contributed by atoms with van der Waals surface area (Å²) in [4.78, 5) is 34.1. The lowest BCUT2D eigenvalue weighted by Crippen LogP contribution is -2.38. The van der Waals surface area contributed by atoms with E-state index in [-0.39, 0.29) is 12.5 Å². The highest BCUT2D eigenvalue weighted by Gasteiger charge is 2.18. The summed E-state index contributed by atoms with van der Waals surface area (Å²) in [6.07, 6.45) is 1.97. The maximum Gasteiger partial charge on any atom is 0.329 e. The Labute approximate surface area is 131 Å². The third kappa shape index (κ3) is 10.1. The number of rotatable bonds is 10. The largest absolute Gasteiger partial charge is 0.463 e. The summed E-state index contributed by atoms with van der Waals surface area (Å²) in [7, 11) is 0. The van der Waals surface area contributed by atoms with Gasteiger partial charge in [-0.1, -0.05) is 34.1 Å². The molecule has 0 aliphatic rings. The van der Waals surface area contributed by atoms with Gasteiger partial charge < -0.3 is 19.9 Å². The summed E-state index contributed by atoms with van der Waals surface area (Å²) in [6.45, 7) is 6.72. The van der Waals surface area contributed by atoms with Gasteiger partial charge in [0.2, 0.25) is 6.79 Å². The molecule has 0 fully saturated rings. The second-order valence-corrected chi connectivity index (χ2v) is 5.77. The van der Waals surface area contributed by atoms with Crippen LogP contribution in [0.1, 0.15) is 47.0 Å². The Hall–Kier alpha value is -1.63. The van der Waals surface area contributed by atoms with E-state index < -0.39 is 30.7 Å². The zero-order valence-electron chi connectivity index (χ0n) is 13.8. The van der Waals surface area contributed by atoms with Gasteiger partial charge in [-0.25, -0.2) is 0 Å². The minimum atomic E-state index is -1.09. The van der Waals surface area contributed by atoms with Crippen molar-refractivity contribution >= 4 is 17.9 Å². The Morgan fingerprint density at radius 3 is 2.09 bits per heavy atom. The summed E-state index contributed by atoms with van der Waals surface area (Å²) < 4.78 is 14.3. The summed E-state index contributed by atoms with van der Waals surface area (Å²) in [5, 5.41) is 0. The van der Waals surface area contributed by atoms with E-state index in [1.54, 1.807) is 13.8 Å². The third-order valence-corrected chi connectivity index (χ3v) is 2.76. The van der Waals surface area contributed by atoms with Crippen molar-refractivity contribution in [3.05, 3.63) is 0 Å². The van der Waals surface area contributed by atoms with Gasteiger partial charge in [0.25, 0.3) is 0 Å². The van der Waals surface area contributed by atoms with Crippen LogP contribution in [0.5, 0.6) is 0 Å². The van der Waals surface area contributed by atoms with Crippen LogP contribution >= 0.6 is 0 Å². The fourth-order valence-electron chi connectivity index (χ4n) is 1.40. The van der Waals surface area contributed by atoms with E-state index >= 15 is 0 Å². The number of esters is 3. The number of nitrogens with two attached hydrogens (primary N) is 1. The Bertz CT molecular complexity index is 367. The molecular formula is C15H27NO6. The molecule has 0 radical (unpaired) electrons. The molecule has 1 atom stereocenters. The highest BCUT2D eigenvalue weighted by atomic mass is 16.7. The van der Waals surface area contributed by atoms with Gasteiger partial charge in [-0.15, -0.1) is 0 Å². The van der Waals surface area contributed by atoms with Gasteiger partial charge in [-0.2, -0.15) is 0 Å². The number of carbonyl (C=O) groups excluding carboxylic acids is 3. The molecule has 0 aromatic rings. The number of hydrogen-bond acceptors (Lipinski definition) is 7. The fourth-order valence-corrected chi connectivity index (χ4v) is 1.40. The highest BCUT2D eigenvalue weighted by Crippen LogP contribution is 2.07. The van der Waals surface area contributed by atoms with Crippen molar-refractivity contribution in [1.82, 2.24) is 0 Å². The summed E-state index contributed by atoms with van der Waals surface area (Å²) in [5.74, 6) is -1.43. The van der Waals surface area contributed by atoms with Gasteiger partial charge in [0, 0.05) is 6.42 Å². The summed E-state index contributed by atoms with van der Waals surface area (Å²) >= 11 is 0. The van der Waals surface area contributed by atoms with Crippen LogP contribution in [-0.2, 0) is 28.6 Å². The lowest BCUT2D eigenvalue weighted by molar-refractivity contribution is -0.171. The Morgan fingerprint density at radius 1 is 0.955 bits per heavy atom. The molecule has 128 valence electrons. The molecule has 22 heavy (non-hydrogen) atoms. The topological polar surface area (TPSA) is 105 Å². The number of hydrogen-bond donors (Lipinski definition) is 1. The Kier molecular flexibility index (Phi) is 10.2. The first-order chi connectivity index (χ1) is 10.2. The SMILES string of the molecule is CC(C)CCCC(=O)OCC(N)C(=O)OCOC(=O)C(C)C. The minimum absolute atomic E-state index is 0.253. The lowest BCUT2D eigenvalue weighted by atomic mass is 10.1. The zero-order valence-corrected chi connectivity index (χ0v) is 13.8. The summed E-state index contributed by atoms with van der Waals surface area (Å²) in [6, 6.07) is -1.09. The predicted molar refractivity (Wildman–Crippen MR) is 79.5 cm³/mol. The molecule has 0 bridgehead atoms. The van der Waals surface area contributed by atoms with Crippen LogP contribution in [0, 0.1) is 11.8 Å². The van der Waals surface area contributed by atoms with Gasteiger partial charge in [0.15, 0.2) is 0 Å². The van der Waals surface area contributed by atoms with Crippen molar-refractivity contribution in [2.24, 2.45) is 17.6 Å². The number of ether oxygens (including phenoxy) is 3. The van der Waals surface area contributed by atoms with E-state index in [4.69, 9.17) is 10.5 Å². The maximum absolute atomic E-state index is 11.5. The van der Waals surface area contributed by atoms with Crippen LogP contribution in [0.3, 0.4) is 0 Å². The molecule has 0 amide bonds. The molecule has 0 saturated heterocycles. The van der Waals surface area contributed by atoms with Crippen molar-refractivity contribution in [2.45, 2.75) is 53.0 Å². The van der Waals surface area contributed by atoms with E-state index in [0.717, 1.165) is 12.8 Å². The second-order valence-electron chi connectivity index (χ2n) is 5.77. The molecule has 0 aliphatic heterocycles. The first-order valence-electron chi connectivity index (χ1n) is 7.48. The van der Waals surface area contributed by atoms with E-state index in [9.17, 15) is 14.4 Å². The highest BCUT2D eigenvalue weighted by molar-refractivity contribution is 5.77. The van der Waals surface area contributed by atoms with Crippen LogP contribution in [0.4, 0.5) is 0 Å². The predicted octanol–water partition coefficient (Wildman–Crippen LogP) is 1.38. The van der Waals surface area contributed by atoms with Crippen molar-refractivity contribution in [3.8, 4) is 0 Å². The average molecular weight is 317 g/mol. The van der Waals surface area contributed by atoms with E-state index in [1.807, 2.05) is 0 Å². The first kappa shape index (κ1) is 20.4. The van der Waals surface area contributed by atoms with Crippen molar-refractivity contribution in [1.29, 1.82) is 0 Å². The van der Waals surface area contributed by atoms with Crippen LogP contribution in [0.2, 0.25) is 0 Å². The Balaban J connectivity index is 3.82. The third-order valence-electron chi connectivity index (χ3n) is 2.76. The van der Waals surface area contributed by atoms with Crippen LogP contribution < -0.4 is 5.73 Å². The first-order valence-corrected chi connectivity index (χ1v) is 7.48. The van der Waals surface area contributed by atoms with Crippen molar-refractivity contribution in [2.75, 3.05) is 13.4 Å².